The summed E-state index contributed by atoms with van der Waals surface area (Å²) < 4.78 is 21.0. The second kappa shape index (κ2) is 18.3. The standard InChI is InChI=1S/C21H30N8O11/c22-26-24-3-7-37-11-9-35-5-1-15-13-17(30)28(19(15)32)39-21(34)40-29-18(31)14-16(20(29)33)2-6-36-10-12-38-8-4-25-27-23/h15-16H,1-14H2. The summed E-state index contributed by atoms with van der Waals surface area (Å²) in [6, 6.07) is 0. The van der Waals surface area contributed by atoms with Crippen molar-refractivity contribution in [2.24, 2.45) is 22.1 Å². The van der Waals surface area contributed by atoms with Gasteiger partial charge >= 0.3 is 6.16 Å². The van der Waals surface area contributed by atoms with Crippen LogP contribution in [-0.4, -0.2) is 106 Å². The Balaban J connectivity index is 1.65. The number of azide groups is 2. The molecule has 0 bridgehead atoms. The van der Waals surface area contributed by atoms with Gasteiger partial charge in [0.25, 0.3) is 23.6 Å². The Morgan fingerprint density at radius 3 is 1.43 bits per heavy atom. The third-order valence-electron chi connectivity index (χ3n) is 5.49. The number of carbonyl (C=O) groups excluding carboxylic acids is 5. The highest BCUT2D eigenvalue weighted by Gasteiger charge is 2.45. The molecule has 2 aliphatic rings. The number of imide groups is 2. The van der Waals surface area contributed by atoms with Gasteiger partial charge < -0.3 is 18.9 Å². The van der Waals surface area contributed by atoms with Crippen LogP contribution in [-0.2, 0) is 47.8 Å². The molecule has 2 atom stereocenters. The van der Waals surface area contributed by atoms with Gasteiger partial charge in [-0.2, -0.15) is 4.79 Å². The van der Waals surface area contributed by atoms with E-state index in [2.05, 4.69) is 29.7 Å². The van der Waals surface area contributed by atoms with Crippen LogP contribution in [0.4, 0.5) is 4.79 Å². The number of rotatable bonds is 20. The SMILES string of the molecule is [N-]=[N+]=NCCOCCOCCC1CC(=O)N(OC(=O)ON2C(=O)CC(CCOCCOCCN=[N+]=[N-])C2=O)C1=O. The van der Waals surface area contributed by atoms with Gasteiger partial charge in [-0.05, 0) is 23.9 Å². The molecule has 2 saturated heterocycles. The lowest BCUT2D eigenvalue weighted by Gasteiger charge is -2.17. The Morgan fingerprint density at radius 1 is 0.675 bits per heavy atom. The van der Waals surface area contributed by atoms with Crippen LogP contribution in [0.15, 0.2) is 10.2 Å². The Morgan fingerprint density at radius 2 is 1.05 bits per heavy atom. The first-order valence-corrected chi connectivity index (χ1v) is 12.3. The summed E-state index contributed by atoms with van der Waals surface area (Å²) in [5.74, 6) is -4.73. The van der Waals surface area contributed by atoms with E-state index in [0.29, 0.717) is 0 Å². The first-order chi connectivity index (χ1) is 19.4. The molecule has 19 nitrogen and oxygen atoms in total. The highest BCUT2D eigenvalue weighted by atomic mass is 16.9. The molecule has 40 heavy (non-hydrogen) atoms. The van der Waals surface area contributed by atoms with Gasteiger partial charge in [0, 0.05) is 49.0 Å². The van der Waals surface area contributed by atoms with Gasteiger partial charge in [-0.25, -0.2) is 0 Å². The Hall–Kier alpha value is -3.99. The molecule has 2 aliphatic heterocycles. The molecule has 2 fully saturated rings. The average molecular weight is 571 g/mol. The first-order valence-electron chi connectivity index (χ1n) is 12.3. The fourth-order valence-electron chi connectivity index (χ4n) is 3.54. The summed E-state index contributed by atoms with van der Waals surface area (Å²) in [7, 11) is 0. The minimum absolute atomic E-state index is 0.133. The lowest BCUT2D eigenvalue weighted by Crippen LogP contribution is -2.38. The van der Waals surface area contributed by atoms with E-state index < -0.39 is 41.6 Å². The number of nitrogens with zero attached hydrogens (tertiary/aromatic N) is 8. The van der Waals surface area contributed by atoms with Crippen LogP contribution in [0.2, 0.25) is 0 Å². The molecule has 0 spiro atoms. The molecule has 0 radical (unpaired) electrons. The van der Waals surface area contributed by atoms with Gasteiger partial charge in [-0.15, -0.1) is 0 Å². The monoisotopic (exact) mass is 570 g/mol. The van der Waals surface area contributed by atoms with Gasteiger partial charge in [0.15, 0.2) is 0 Å². The third kappa shape index (κ3) is 11.0. The lowest BCUT2D eigenvalue weighted by molar-refractivity contribution is -0.199. The van der Waals surface area contributed by atoms with Crippen LogP contribution in [0.1, 0.15) is 25.7 Å². The van der Waals surface area contributed by atoms with Crippen molar-refractivity contribution in [2.45, 2.75) is 25.7 Å². The molecule has 2 heterocycles. The molecule has 0 aliphatic carbocycles. The summed E-state index contributed by atoms with van der Waals surface area (Å²) in [4.78, 5) is 75.9. The number of amides is 4. The van der Waals surface area contributed by atoms with E-state index in [1.807, 2.05) is 0 Å². The minimum atomic E-state index is -1.59. The number of hydroxylamine groups is 4. The summed E-state index contributed by atoms with van der Waals surface area (Å²) in [6.45, 7) is 2.08. The molecule has 2 rings (SSSR count). The van der Waals surface area contributed by atoms with Crippen molar-refractivity contribution in [2.75, 3.05) is 65.9 Å². The molecule has 0 aromatic rings. The molecule has 4 amide bonds. The Labute approximate surface area is 227 Å². The molecule has 220 valence electrons. The largest absolute Gasteiger partial charge is 0.560 e. The van der Waals surface area contributed by atoms with Crippen molar-refractivity contribution < 1.29 is 52.6 Å². The molecular weight excluding hydrogens is 540 g/mol. The average Bonchev–Trinajstić information content (AvgIpc) is 3.35. The van der Waals surface area contributed by atoms with E-state index >= 15 is 0 Å². The highest BCUT2D eigenvalue weighted by molar-refractivity contribution is 6.04. The number of hydrogen-bond donors (Lipinski definition) is 0. The van der Waals surface area contributed by atoms with Crippen molar-refractivity contribution >= 4 is 29.8 Å². The lowest BCUT2D eigenvalue weighted by atomic mass is 10.1. The van der Waals surface area contributed by atoms with Gasteiger partial charge in [-0.3, -0.25) is 28.9 Å². The first kappa shape index (κ1) is 32.2. The number of ether oxygens (including phenoxy) is 4. The van der Waals surface area contributed by atoms with Crippen LogP contribution < -0.4 is 0 Å². The maximum absolute atomic E-state index is 12.5. The zero-order valence-corrected chi connectivity index (χ0v) is 21.6. The quantitative estimate of drug-likeness (QED) is 0.0661. The zero-order valence-electron chi connectivity index (χ0n) is 21.6. The molecule has 19 heteroatoms. The summed E-state index contributed by atoms with van der Waals surface area (Å²) in [5.41, 5.74) is 16.3. The van der Waals surface area contributed by atoms with E-state index in [0.717, 1.165) is 0 Å². The fraction of sp³-hybridized carbons (Fsp3) is 0.762. The maximum atomic E-state index is 12.5. The van der Waals surface area contributed by atoms with Crippen LogP contribution in [0.25, 0.3) is 20.9 Å². The summed E-state index contributed by atoms with van der Waals surface area (Å²) in [5, 5.41) is 7.11. The Bertz CT molecular complexity index is 923. The van der Waals surface area contributed by atoms with Gasteiger partial charge in [0.2, 0.25) is 0 Å². The maximum Gasteiger partial charge on any atom is 0.560 e. The molecule has 0 aromatic carbocycles. The van der Waals surface area contributed by atoms with Crippen LogP contribution >= 0.6 is 0 Å². The molecule has 0 saturated carbocycles. The van der Waals surface area contributed by atoms with E-state index in [4.69, 9.17) is 30.0 Å². The summed E-state index contributed by atoms with van der Waals surface area (Å²) in [6.07, 6.45) is -1.69. The van der Waals surface area contributed by atoms with E-state index in [9.17, 15) is 24.0 Å². The molecule has 0 N–H and O–H groups in total. The molecular formula is C21H30N8O11. The van der Waals surface area contributed by atoms with Gasteiger partial charge in [0.05, 0.1) is 51.5 Å². The second-order valence-corrected chi connectivity index (χ2v) is 8.22. The predicted octanol–water partition coefficient (Wildman–Crippen LogP) is 1.19. The number of hydrogen-bond acceptors (Lipinski definition) is 13. The van der Waals surface area contributed by atoms with E-state index in [-0.39, 0.29) is 102 Å². The van der Waals surface area contributed by atoms with Crippen LogP contribution in [0, 0.1) is 11.8 Å². The van der Waals surface area contributed by atoms with Gasteiger partial charge in [-0.1, -0.05) is 20.4 Å². The van der Waals surface area contributed by atoms with Crippen molar-refractivity contribution in [3.05, 3.63) is 20.9 Å². The minimum Gasteiger partial charge on any atom is -0.379 e. The van der Waals surface area contributed by atoms with E-state index in [1.54, 1.807) is 0 Å². The smallest absolute Gasteiger partial charge is 0.379 e. The summed E-state index contributed by atoms with van der Waals surface area (Å²) >= 11 is 0. The number of carbonyl (C=O) groups is 5. The van der Waals surface area contributed by atoms with Crippen molar-refractivity contribution in [1.82, 2.24) is 10.1 Å². The van der Waals surface area contributed by atoms with E-state index in [1.165, 1.54) is 0 Å². The van der Waals surface area contributed by atoms with Crippen LogP contribution in [0.3, 0.4) is 0 Å². The van der Waals surface area contributed by atoms with Crippen molar-refractivity contribution in [3.63, 3.8) is 0 Å². The fourth-order valence-corrected chi connectivity index (χ4v) is 3.54. The molecule has 2 unspecified atom stereocenters. The van der Waals surface area contributed by atoms with Crippen molar-refractivity contribution in [3.8, 4) is 0 Å². The highest BCUT2D eigenvalue weighted by Crippen LogP contribution is 2.25. The third-order valence-corrected chi connectivity index (χ3v) is 5.49. The van der Waals surface area contributed by atoms with Gasteiger partial charge in [0.1, 0.15) is 0 Å². The predicted molar refractivity (Wildman–Crippen MR) is 128 cm³/mol. The zero-order chi connectivity index (χ0) is 29.2. The topological polar surface area (TPSA) is 245 Å². The van der Waals surface area contributed by atoms with Crippen LogP contribution in [0.5, 0.6) is 0 Å². The van der Waals surface area contributed by atoms with Crippen molar-refractivity contribution in [1.29, 1.82) is 0 Å². The second-order valence-electron chi connectivity index (χ2n) is 8.22. The Kier molecular flexibility index (Phi) is 14.8. The molecule has 0 aromatic heterocycles. The normalized spacial score (nSPS) is 18.6.